The minimum Gasteiger partial charge on any atom is -0.382 e. The fourth-order valence-electron chi connectivity index (χ4n) is 5.67. The number of hydrogen-bond acceptors (Lipinski definition) is 5. The van der Waals surface area contributed by atoms with Crippen LogP contribution < -0.4 is 0 Å². The van der Waals surface area contributed by atoms with Crippen molar-refractivity contribution in [1.82, 2.24) is 19.9 Å². The number of amides is 1. The SMILES string of the molecule is COCCOC1CCCN(C(=O)CC2CCC(c3ccnc4cnc5[nH]ccc5c34)CC2)C1. The summed E-state index contributed by atoms with van der Waals surface area (Å²) in [6, 6.07) is 4.29. The minimum absolute atomic E-state index is 0.147. The molecule has 1 aliphatic carbocycles. The van der Waals surface area contributed by atoms with E-state index >= 15 is 0 Å². The first-order chi connectivity index (χ1) is 16.2. The van der Waals surface area contributed by atoms with Gasteiger partial charge in [0.15, 0.2) is 0 Å². The van der Waals surface area contributed by atoms with Crippen LogP contribution in [0.3, 0.4) is 0 Å². The quantitative estimate of drug-likeness (QED) is 0.539. The van der Waals surface area contributed by atoms with Crippen molar-refractivity contribution >= 4 is 27.8 Å². The minimum atomic E-state index is 0.147. The summed E-state index contributed by atoms with van der Waals surface area (Å²) >= 11 is 0. The molecule has 4 heterocycles. The molecule has 2 fully saturated rings. The average molecular weight is 451 g/mol. The van der Waals surface area contributed by atoms with Gasteiger partial charge in [0.05, 0.1) is 31.0 Å². The summed E-state index contributed by atoms with van der Waals surface area (Å²) in [7, 11) is 1.68. The van der Waals surface area contributed by atoms with Crippen LogP contribution in [0.5, 0.6) is 0 Å². The molecule has 1 atom stereocenters. The number of aromatic amines is 1. The maximum atomic E-state index is 13.0. The Hall–Kier alpha value is -2.51. The Morgan fingerprint density at radius 2 is 2.03 bits per heavy atom. The number of nitrogens with zero attached hydrogens (tertiary/aromatic N) is 3. The molecule has 1 unspecified atom stereocenters. The number of ether oxygens (including phenoxy) is 2. The lowest BCUT2D eigenvalue weighted by Gasteiger charge is -2.35. The lowest BCUT2D eigenvalue weighted by molar-refractivity contribution is -0.136. The van der Waals surface area contributed by atoms with E-state index in [0.29, 0.717) is 37.4 Å². The molecule has 33 heavy (non-hydrogen) atoms. The number of carbonyl (C=O) groups excluding carboxylic acids is 1. The molecule has 0 radical (unpaired) electrons. The Morgan fingerprint density at radius 1 is 1.15 bits per heavy atom. The Bertz CT molecular complexity index is 1090. The van der Waals surface area contributed by atoms with E-state index in [9.17, 15) is 4.79 Å². The van der Waals surface area contributed by atoms with Crippen LogP contribution in [0, 0.1) is 5.92 Å². The van der Waals surface area contributed by atoms with Gasteiger partial charge in [-0.15, -0.1) is 0 Å². The number of nitrogens with one attached hydrogen (secondary N) is 1. The highest BCUT2D eigenvalue weighted by Gasteiger charge is 2.29. The number of H-pyrrole nitrogens is 1. The van der Waals surface area contributed by atoms with Crippen molar-refractivity contribution in [1.29, 1.82) is 0 Å². The number of pyridine rings is 2. The zero-order valence-electron chi connectivity index (χ0n) is 19.5. The molecule has 5 rings (SSSR count). The molecule has 1 saturated carbocycles. The van der Waals surface area contributed by atoms with Crippen LogP contribution in [0.2, 0.25) is 0 Å². The third-order valence-corrected chi connectivity index (χ3v) is 7.44. The molecule has 0 spiro atoms. The van der Waals surface area contributed by atoms with Crippen LogP contribution in [0.25, 0.3) is 21.9 Å². The van der Waals surface area contributed by atoms with E-state index in [4.69, 9.17) is 9.47 Å². The van der Waals surface area contributed by atoms with Crippen molar-refractivity contribution in [3.05, 3.63) is 36.3 Å². The second kappa shape index (κ2) is 10.2. The average Bonchev–Trinajstić information content (AvgIpc) is 3.34. The summed E-state index contributed by atoms with van der Waals surface area (Å²) in [5, 5.41) is 2.39. The van der Waals surface area contributed by atoms with Gasteiger partial charge >= 0.3 is 0 Å². The first kappa shape index (κ1) is 22.3. The number of likely N-dealkylation sites (tertiary alicyclic amines) is 1. The third-order valence-electron chi connectivity index (χ3n) is 7.44. The van der Waals surface area contributed by atoms with E-state index < -0.39 is 0 Å². The molecule has 0 bridgehead atoms. The van der Waals surface area contributed by atoms with E-state index in [0.717, 1.165) is 68.2 Å². The van der Waals surface area contributed by atoms with E-state index in [1.54, 1.807) is 7.11 Å². The summed E-state index contributed by atoms with van der Waals surface area (Å²) < 4.78 is 11.0. The zero-order valence-corrected chi connectivity index (χ0v) is 19.5. The predicted octanol–water partition coefficient (Wildman–Crippen LogP) is 4.43. The van der Waals surface area contributed by atoms with Gasteiger partial charge in [0.25, 0.3) is 0 Å². The first-order valence-corrected chi connectivity index (χ1v) is 12.3. The van der Waals surface area contributed by atoms with Gasteiger partial charge in [-0.25, -0.2) is 4.98 Å². The number of carbonyl (C=O) groups is 1. The van der Waals surface area contributed by atoms with Gasteiger partial charge < -0.3 is 19.4 Å². The second-order valence-corrected chi connectivity index (χ2v) is 9.55. The number of hydrogen-bond donors (Lipinski definition) is 1. The van der Waals surface area contributed by atoms with Gasteiger partial charge in [-0.05, 0) is 68.1 Å². The highest BCUT2D eigenvalue weighted by Crippen LogP contribution is 2.40. The highest BCUT2D eigenvalue weighted by atomic mass is 16.5. The largest absolute Gasteiger partial charge is 0.382 e. The van der Waals surface area contributed by atoms with Gasteiger partial charge in [-0.3, -0.25) is 9.78 Å². The van der Waals surface area contributed by atoms with Crippen LogP contribution in [0.1, 0.15) is 56.4 Å². The Kier molecular flexibility index (Phi) is 6.88. The molecular weight excluding hydrogens is 416 g/mol. The van der Waals surface area contributed by atoms with Gasteiger partial charge in [-0.1, -0.05) is 0 Å². The normalized spacial score (nSPS) is 23.9. The molecule has 0 aromatic carbocycles. The second-order valence-electron chi connectivity index (χ2n) is 9.55. The van der Waals surface area contributed by atoms with E-state index in [1.807, 2.05) is 23.5 Å². The zero-order chi connectivity index (χ0) is 22.6. The van der Waals surface area contributed by atoms with Crippen LogP contribution in [-0.4, -0.2) is 65.3 Å². The number of methoxy groups -OCH3 is 1. The van der Waals surface area contributed by atoms with Gasteiger partial charge in [0.1, 0.15) is 5.65 Å². The fourth-order valence-corrected chi connectivity index (χ4v) is 5.67. The van der Waals surface area contributed by atoms with Crippen molar-refractivity contribution in [3.63, 3.8) is 0 Å². The van der Waals surface area contributed by atoms with Gasteiger partial charge in [0, 0.05) is 49.8 Å². The lowest BCUT2D eigenvalue weighted by atomic mass is 9.76. The molecule has 1 saturated heterocycles. The molecule has 1 aliphatic heterocycles. The highest BCUT2D eigenvalue weighted by molar-refractivity contribution is 6.05. The van der Waals surface area contributed by atoms with Crippen molar-refractivity contribution in [2.45, 2.75) is 57.0 Å². The maximum absolute atomic E-state index is 13.0. The van der Waals surface area contributed by atoms with E-state index in [2.05, 4.69) is 27.1 Å². The molecule has 1 amide bonds. The standard InChI is InChI=1S/C26H34N4O3/c1-32-13-14-33-20-3-2-12-30(17-20)24(31)15-18-4-6-19(7-5-18)21-8-10-27-23-16-29-26-22(25(21)23)9-11-28-26/h8-11,16,18-20H,2-7,12-15,17H2,1H3,(H,28,29). The summed E-state index contributed by atoms with van der Waals surface area (Å²) in [6.07, 6.45) is 13.0. The van der Waals surface area contributed by atoms with Crippen LogP contribution in [0.4, 0.5) is 0 Å². The number of piperidine rings is 1. The molecule has 1 N–H and O–H groups in total. The Labute approximate surface area is 194 Å². The summed E-state index contributed by atoms with van der Waals surface area (Å²) in [6.45, 7) is 2.79. The topological polar surface area (TPSA) is 80.3 Å². The summed E-state index contributed by atoms with van der Waals surface area (Å²) in [5.74, 6) is 1.29. The maximum Gasteiger partial charge on any atom is 0.222 e. The Morgan fingerprint density at radius 3 is 2.88 bits per heavy atom. The molecule has 3 aromatic heterocycles. The van der Waals surface area contributed by atoms with Crippen LogP contribution >= 0.6 is 0 Å². The lowest BCUT2D eigenvalue weighted by Crippen LogP contribution is -2.44. The molecule has 3 aromatic rings. The molecular formula is C26H34N4O3. The smallest absolute Gasteiger partial charge is 0.222 e. The Balaban J connectivity index is 1.19. The molecule has 7 heteroatoms. The number of fused-ring (bicyclic) bond motifs is 3. The molecule has 2 aliphatic rings. The molecule has 7 nitrogen and oxygen atoms in total. The van der Waals surface area contributed by atoms with Crippen molar-refractivity contribution < 1.29 is 14.3 Å². The third kappa shape index (κ3) is 4.89. The number of rotatable bonds is 7. The van der Waals surface area contributed by atoms with E-state index in [1.165, 1.54) is 10.9 Å². The fraction of sp³-hybridized carbons (Fsp3) is 0.577. The van der Waals surface area contributed by atoms with Crippen molar-refractivity contribution in [2.75, 3.05) is 33.4 Å². The van der Waals surface area contributed by atoms with Crippen LogP contribution in [-0.2, 0) is 14.3 Å². The van der Waals surface area contributed by atoms with Crippen LogP contribution in [0.15, 0.2) is 30.7 Å². The number of aromatic nitrogens is 3. The van der Waals surface area contributed by atoms with E-state index in [-0.39, 0.29) is 6.10 Å². The van der Waals surface area contributed by atoms with Gasteiger partial charge in [-0.2, -0.15) is 0 Å². The van der Waals surface area contributed by atoms with Crippen molar-refractivity contribution in [2.24, 2.45) is 5.92 Å². The monoisotopic (exact) mass is 450 g/mol. The predicted molar refractivity (Wildman–Crippen MR) is 128 cm³/mol. The van der Waals surface area contributed by atoms with Gasteiger partial charge in [0.2, 0.25) is 5.91 Å². The summed E-state index contributed by atoms with van der Waals surface area (Å²) in [4.78, 5) is 27.3. The summed E-state index contributed by atoms with van der Waals surface area (Å²) in [5.41, 5.74) is 3.26. The van der Waals surface area contributed by atoms with Crippen molar-refractivity contribution in [3.8, 4) is 0 Å². The molecule has 176 valence electrons. The first-order valence-electron chi connectivity index (χ1n) is 12.3.